The summed E-state index contributed by atoms with van der Waals surface area (Å²) < 4.78 is 0. The van der Waals surface area contributed by atoms with E-state index >= 15 is 0 Å². The Labute approximate surface area is 146 Å². The van der Waals surface area contributed by atoms with Crippen LogP contribution in [0.3, 0.4) is 0 Å². The lowest BCUT2D eigenvalue weighted by molar-refractivity contribution is -0.112. The van der Waals surface area contributed by atoms with Gasteiger partial charge >= 0.3 is 0 Å². The van der Waals surface area contributed by atoms with Crippen molar-refractivity contribution in [2.45, 2.75) is 13.8 Å². The zero-order valence-electron chi connectivity index (χ0n) is 13.5. The standard InChI is InChI=1S/C20H17ClN2O/c1-14-8-9-19(15(2)10-14)23-20(24)17(13-22)12-18(21)11-16-6-4-3-5-7-16/h3-12H,1-2H3,(H,23,24)/b17-12+,18-11-. The van der Waals surface area contributed by atoms with E-state index in [0.717, 1.165) is 16.7 Å². The molecular weight excluding hydrogens is 320 g/mol. The molecule has 4 heteroatoms. The molecule has 2 aromatic carbocycles. The Kier molecular flexibility index (Phi) is 5.95. The van der Waals surface area contributed by atoms with E-state index in [4.69, 9.17) is 11.6 Å². The fourth-order valence-electron chi connectivity index (χ4n) is 2.18. The number of benzene rings is 2. The number of carbonyl (C=O) groups excluding carboxylic acids is 1. The Morgan fingerprint density at radius 1 is 1.17 bits per heavy atom. The van der Waals surface area contributed by atoms with Crippen LogP contribution in [0.15, 0.2) is 65.2 Å². The fourth-order valence-corrected chi connectivity index (χ4v) is 2.42. The molecule has 2 aromatic rings. The van der Waals surface area contributed by atoms with E-state index in [1.807, 2.05) is 68.4 Å². The first-order valence-electron chi connectivity index (χ1n) is 7.42. The monoisotopic (exact) mass is 336 g/mol. The molecule has 0 aromatic heterocycles. The highest BCUT2D eigenvalue weighted by atomic mass is 35.5. The van der Waals surface area contributed by atoms with Crippen molar-refractivity contribution in [1.82, 2.24) is 0 Å². The van der Waals surface area contributed by atoms with Gasteiger partial charge in [0, 0.05) is 10.7 Å². The quantitative estimate of drug-likeness (QED) is 0.486. The van der Waals surface area contributed by atoms with Crippen molar-refractivity contribution in [2.24, 2.45) is 0 Å². The maximum absolute atomic E-state index is 12.3. The molecule has 1 N–H and O–H groups in total. The molecule has 0 saturated carbocycles. The number of carbonyl (C=O) groups is 1. The first kappa shape index (κ1) is 17.5. The van der Waals surface area contributed by atoms with E-state index < -0.39 is 5.91 Å². The van der Waals surface area contributed by atoms with Gasteiger partial charge in [-0.2, -0.15) is 5.26 Å². The lowest BCUT2D eigenvalue weighted by Gasteiger charge is -2.08. The largest absolute Gasteiger partial charge is 0.321 e. The van der Waals surface area contributed by atoms with Gasteiger partial charge in [0.15, 0.2) is 0 Å². The number of nitrogens with one attached hydrogen (secondary N) is 1. The predicted octanol–water partition coefficient (Wildman–Crippen LogP) is 4.97. The molecular formula is C20H17ClN2O. The van der Waals surface area contributed by atoms with Gasteiger partial charge in [-0.15, -0.1) is 0 Å². The average Bonchev–Trinajstić information content (AvgIpc) is 2.56. The summed E-state index contributed by atoms with van der Waals surface area (Å²) in [5, 5.41) is 12.3. The van der Waals surface area contributed by atoms with Crippen molar-refractivity contribution in [3.05, 3.63) is 81.9 Å². The summed E-state index contributed by atoms with van der Waals surface area (Å²) >= 11 is 6.14. The number of nitrogens with zero attached hydrogens (tertiary/aromatic N) is 1. The molecule has 0 atom stereocenters. The minimum absolute atomic E-state index is 0.0489. The zero-order chi connectivity index (χ0) is 17.5. The summed E-state index contributed by atoms with van der Waals surface area (Å²) in [6.45, 7) is 3.88. The molecule has 0 saturated heterocycles. The van der Waals surface area contributed by atoms with Gasteiger partial charge in [-0.3, -0.25) is 4.79 Å². The van der Waals surface area contributed by atoms with Gasteiger partial charge in [-0.1, -0.05) is 59.6 Å². The maximum atomic E-state index is 12.3. The van der Waals surface area contributed by atoms with Crippen LogP contribution in [0.2, 0.25) is 0 Å². The maximum Gasteiger partial charge on any atom is 0.266 e. The minimum Gasteiger partial charge on any atom is -0.321 e. The van der Waals surface area contributed by atoms with Crippen LogP contribution in [0, 0.1) is 25.2 Å². The molecule has 0 unspecified atom stereocenters. The van der Waals surface area contributed by atoms with E-state index in [9.17, 15) is 10.1 Å². The second-order valence-corrected chi connectivity index (χ2v) is 5.82. The van der Waals surface area contributed by atoms with Crippen LogP contribution in [0.25, 0.3) is 6.08 Å². The van der Waals surface area contributed by atoms with Crippen LogP contribution in [0.5, 0.6) is 0 Å². The highest BCUT2D eigenvalue weighted by molar-refractivity contribution is 6.33. The van der Waals surface area contributed by atoms with Crippen LogP contribution in [0.4, 0.5) is 5.69 Å². The molecule has 0 bridgehead atoms. The van der Waals surface area contributed by atoms with Gasteiger partial charge < -0.3 is 5.32 Å². The second-order valence-electron chi connectivity index (χ2n) is 5.38. The van der Waals surface area contributed by atoms with Crippen molar-refractivity contribution >= 4 is 29.3 Å². The van der Waals surface area contributed by atoms with Crippen molar-refractivity contribution in [1.29, 1.82) is 5.26 Å². The number of aryl methyl sites for hydroxylation is 2. The third-order valence-corrected chi connectivity index (χ3v) is 3.60. The number of hydrogen-bond acceptors (Lipinski definition) is 2. The normalized spacial score (nSPS) is 11.8. The molecule has 3 nitrogen and oxygen atoms in total. The third-order valence-electron chi connectivity index (χ3n) is 3.38. The van der Waals surface area contributed by atoms with Gasteiger partial charge in [-0.25, -0.2) is 0 Å². The van der Waals surface area contributed by atoms with Crippen molar-refractivity contribution < 1.29 is 4.79 Å². The number of hydrogen-bond donors (Lipinski definition) is 1. The molecule has 120 valence electrons. The molecule has 0 radical (unpaired) electrons. The number of anilines is 1. The third kappa shape index (κ3) is 4.84. The smallest absolute Gasteiger partial charge is 0.266 e. The molecule has 0 aliphatic rings. The zero-order valence-corrected chi connectivity index (χ0v) is 14.3. The Morgan fingerprint density at radius 3 is 2.50 bits per heavy atom. The predicted molar refractivity (Wildman–Crippen MR) is 98.5 cm³/mol. The number of rotatable bonds is 4. The Morgan fingerprint density at radius 2 is 1.88 bits per heavy atom. The molecule has 0 aliphatic carbocycles. The number of allylic oxidation sites excluding steroid dienone is 2. The summed E-state index contributed by atoms with van der Waals surface area (Å²) in [4.78, 5) is 12.3. The van der Waals surface area contributed by atoms with Crippen LogP contribution in [-0.4, -0.2) is 5.91 Å². The molecule has 0 spiro atoms. The van der Waals surface area contributed by atoms with E-state index in [0.29, 0.717) is 10.7 Å². The van der Waals surface area contributed by atoms with Crippen molar-refractivity contribution in [3.8, 4) is 6.07 Å². The highest BCUT2D eigenvalue weighted by Crippen LogP contribution is 2.18. The van der Waals surface area contributed by atoms with Crippen LogP contribution in [0.1, 0.15) is 16.7 Å². The number of halogens is 1. The molecule has 24 heavy (non-hydrogen) atoms. The van der Waals surface area contributed by atoms with E-state index in [1.165, 1.54) is 6.08 Å². The summed E-state index contributed by atoms with van der Waals surface area (Å²) in [6, 6.07) is 17.0. The summed E-state index contributed by atoms with van der Waals surface area (Å²) in [5.74, 6) is -0.482. The fraction of sp³-hybridized carbons (Fsp3) is 0.100. The summed E-state index contributed by atoms with van der Waals surface area (Å²) in [7, 11) is 0. The molecule has 0 aliphatic heterocycles. The van der Waals surface area contributed by atoms with Gasteiger partial charge in [0.05, 0.1) is 0 Å². The Hall–Kier alpha value is -2.83. The number of nitriles is 1. The Balaban J connectivity index is 2.19. The summed E-state index contributed by atoms with van der Waals surface area (Å²) in [6.07, 6.45) is 3.07. The van der Waals surface area contributed by atoms with E-state index in [-0.39, 0.29) is 5.57 Å². The first-order chi connectivity index (χ1) is 11.5. The highest BCUT2D eigenvalue weighted by Gasteiger charge is 2.11. The van der Waals surface area contributed by atoms with Crippen molar-refractivity contribution in [2.75, 3.05) is 5.32 Å². The summed E-state index contributed by atoms with van der Waals surface area (Å²) in [5.41, 5.74) is 3.56. The van der Waals surface area contributed by atoms with Gasteiger partial charge in [0.2, 0.25) is 0 Å². The number of amides is 1. The van der Waals surface area contributed by atoms with E-state index in [1.54, 1.807) is 6.08 Å². The SMILES string of the molecule is Cc1ccc(NC(=O)/C(C#N)=C/C(Cl)=C/c2ccccc2)c(C)c1. The molecule has 0 heterocycles. The van der Waals surface area contributed by atoms with E-state index in [2.05, 4.69) is 5.32 Å². The van der Waals surface area contributed by atoms with Crippen molar-refractivity contribution in [3.63, 3.8) is 0 Å². The lowest BCUT2D eigenvalue weighted by Crippen LogP contribution is -2.14. The molecule has 2 rings (SSSR count). The average molecular weight is 337 g/mol. The lowest BCUT2D eigenvalue weighted by atomic mass is 10.1. The Bertz CT molecular complexity index is 846. The topological polar surface area (TPSA) is 52.9 Å². The minimum atomic E-state index is -0.482. The first-order valence-corrected chi connectivity index (χ1v) is 7.80. The van der Waals surface area contributed by atoms with Crippen LogP contribution in [-0.2, 0) is 4.79 Å². The van der Waals surface area contributed by atoms with Crippen LogP contribution >= 0.6 is 11.6 Å². The van der Waals surface area contributed by atoms with Gasteiger partial charge in [-0.05, 0) is 43.2 Å². The molecule has 1 amide bonds. The molecule has 0 fully saturated rings. The van der Waals surface area contributed by atoms with Crippen LogP contribution < -0.4 is 5.32 Å². The van der Waals surface area contributed by atoms with Gasteiger partial charge in [0.25, 0.3) is 5.91 Å². The second kappa shape index (κ2) is 8.14. The van der Waals surface area contributed by atoms with Gasteiger partial charge in [0.1, 0.15) is 11.6 Å².